The summed E-state index contributed by atoms with van der Waals surface area (Å²) in [5.41, 5.74) is -0.532. The molecule has 0 aliphatic carbocycles. The van der Waals surface area contributed by atoms with Crippen LogP contribution in [0.25, 0.3) is 0 Å². The van der Waals surface area contributed by atoms with Gasteiger partial charge in [0.15, 0.2) is 0 Å². The largest absolute Gasteiger partial charge is 0.478 e. The van der Waals surface area contributed by atoms with Crippen molar-refractivity contribution in [3.63, 3.8) is 0 Å². The lowest BCUT2D eigenvalue weighted by molar-refractivity contribution is -0.151. The summed E-state index contributed by atoms with van der Waals surface area (Å²) < 4.78 is 5.10. The SMILES string of the molecule is CCCCC(C)(C)OC(=O)/C=C\C(=O)O. The standard InChI is InChI=1S/C11H18O4/c1-4-5-8-11(2,3)15-10(14)7-6-9(12)13/h6-7H,4-5,8H2,1-3H3,(H,12,13)/b7-6-. The number of carboxylic acid groups (broad SMARTS) is 1. The van der Waals surface area contributed by atoms with Gasteiger partial charge in [-0.15, -0.1) is 0 Å². The van der Waals surface area contributed by atoms with Crippen molar-refractivity contribution in [2.45, 2.75) is 45.6 Å². The minimum absolute atomic E-state index is 0.532. The van der Waals surface area contributed by atoms with Crippen molar-refractivity contribution in [1.82, 2.24) is 0 Å². The quantitative estimate of drug-likeness (QED) is 0.543. The lowest BCUT2D eigenvalue weighted by Gasteiger charge is -2.24. The number of aliphatic carboxylic acids is 1. The van der Waals surface area contributed by atoms with Crippen LogP contribution in [0.15, 0.2) is 12.2 Å². The summed E-state index contributed by atoms with van der Waals surface area (Å²) in [5, 5.41) is 8.31. The Morgan fingerprint density at radius 2 is 1.93 bits per heavy atom. The van der Waals surface area contributed by atoms with E-state index in [0.29, 0.717) is 0 Å². The molecule has 0 fully saturated rings. The van der Waals surface area contributed by atoms with Crippen LogP contribution >= 0.6 is 0 Å². The maximum Gasteiger partial charge on any atom is 0.331 e. The van der Waals surface area contributed by atoms with Crippen LogP contribution in [0.3, 0.4) is 0 Å². The summed E-state index contributed by atoms with van der Waals surface area (Å²) in [6.07, 6.45) is 4.49. The molecule has 0 aromatic heterocycles. The number of hydrogen-bond donors (Lipinski definition) is 1. The number of ether oxygens (including phenoxy) is 1. The van der Waals surface area contributed by atoms with Gasteiger partial charge < -0.3 is 9.84 Å². The van der Waals surface area contributed by atoms with E-state index in [1.54, 1.807) is 0 Å². The second kappa shape index (κ2) is 6.22. The number of unbranched alkanes of at least 4 members (excludes halogenated alkanes) is 1. The highest BCUT2D eigenvalue weighted by Gasteiger charge is 2.20. The summed E-state index contributed by atoms with van der Waals surface area (Å²) in [5.74, 6) is -1.77. The summed E-state index contributed by atoms with van der Waals surface area (Å²) in [7, 11) is 0. The molecule has 4 heteroatoms. The third-order valence-corrected chi connectivity index (χ3v) is 1.87. The zero-order valence-corrected chi connectivity index (χ0v) is 9.45. The van der Waals surface area contributed by atoms with Crippen LogP contribution in [0.1, 0.15) is 40.0 Å². The fourth-order valence-corrected chi connectivity index (χ4v) is 1.10. The van der Waals surface area contributed by atoms with Gasteiger partial charge in [-0.1, -0.05) is 13.3 Å². The van der Waals surface area contributed by atoms with E-state index in [9.17, 15) is 9.59 Å². The van der Waals surface area contributed by atoms with E-state index < -0.39 is 17.5 Å². The van der Waals surface area contributed by atoms with E-state index in [-0.39, 0.29) is 0 Å². The molecular weight excluding hydrogens is 196 g/mol. The van der Waals surface area contributed by atoms with Crippen LogP contribution in [0.2, 0.25) is 0 Å². The minimum Gasteiger partial charge on any atom is -0.478 e. The molecule has 86 valence electrons. The fourth-order valence-electron chi connectivity index (χ4n) is 1.10. The topological polar surface area (TPSA) is 63.6 Å². The average Bonchev–Trinajstić information content (AvgIpc) is 2.11. The predicted octanol–water partition coefficient (Wildman–Crippen LogP) is 2.14. The first kappa shape index (κ1) is 13.7. The van der Waals surface area contributed by atoms with E-state index in [4.69, 9.17) is 9.84 Å². The molecule has 0 rings (SSSR count). The van der Waals surface area contributed by atoms with Crippen LogP contribution in [0.5, 0.6) is 0 Å². The number of esters is 1. The lowest BCUT2D eigenvalue weighted by Crippen LogP contribution is -2.27. The third-order valence-electron chi connectivity index (χ3n) is 1.87. The monoisotopic (exact) mass is 214 g/mol. The zero-order valence-electron chi connectivity index (χ0n) is 9.45. The van der Waals surface area contributed by atoms with E-state index in [1.807, 2.05) is 13.8 Å². The van der Waals surface area contributed by atoms with E-state index in [2.05, 4.69) is 6.92 Å². The molecule has 1 N–H and O–H groups in total. The predicted molar refractivity (Wildman–Crippen MR) is 56.5 cm³/mol. The first-order valence-corrected chi connectivity index (χ1v) is 5.01. The van der Waals surface area contributed by atoms with Gasteiger partial charge in [0.05, 0.1) is 0 Å². The van der Waals surface area contributed by atoms with Gasteiger partial charge in [0.25, 0.3) is 0 Å². The van der Waals surface area contributed by atoms with Gasteiger partial charge in [-0.2, -0.15) is 0 Å². The third kappa shape index (κ3) is 7.73. The van der Waals surface area contributed by atoms with E-state index >= 15 is 0 Å². The van der Waals surface area contributed by atoms with Gasteiger partial charge in [-0.3, -0.25) is 0 Å². The van der Waals surface area contributed by atoms with Crippen LogP contribution in [0, 0.1) is 0 Å². The van der Waals surface area contributed by atoms with Crippen molar-refractivity contribution >= 4 is 11.9 Å². The highest BCUT2D eigenvalue weighted by molar-refractivity contribution is 5.90. The van der Waals surface area contributed by atoms with Crippen LogP contribution in [-0.2, 0) is 14.3 Å². The summed E-state index contributed by atoms with van der Waals surface area (Å²) in [6, 6.07) is 0. The Morgan fingerprint density at radius 1 is 1.33 bits per heavy atom. The number of hydrogen-bond acceptors (Lipinski definition) is 3. The van der Waals surface area contributed by atoms with Gasteiger partial charge in [-0.05, 0) is 26.7 Å². The average molecular weight is 214 g/mol. The molecule has 0 radical (unpaired) electrons. The van der Waals surface area contributed by atoms with E-state index in [1.165, 1.54) is 0 Å². The molecule has 0 unspecified atom stereocenters. The van der Waals surface area contributed by atoms with Crippen molar-refractivity contribution in [1.29, 1.82) is 0 Å². The molecule has 0 amide bonds. The molecular formula is C11H18O4. The summed E-state index contributed by atoms with van der Waals surface area (Å²) >= 11 is 0. The zero-order chi connectivity index (χ0) is 11.9. The Labute approximate surface area is 89.9 Å². The van der Waals surface area contributed by atoms with E-state index in [0.717, 1.165) is 31.4 Å². The number of carbonyl (C=O) groups excluding carboxylic acids is 1. The molecule has 0 spiro atoms. The van der Waals surface area contributed by atoms with Crippen molar-refractivity contribution in [2.24, 2.45) is 0 Å². The number of carboxylic acids is 1. The number of carbonyl (C=O) groups is 2. The smallest absolute Gasteiger partial charge is 0.331 e. The molecule has 0 saturated heterocycles. The van der Waals surface area contributed by atoms with Gasteiger partial charge in [-0.25, -0.2) is 9.59 Å². The molecule has 0 saturated carbocycles. The van der Waals surface area contributed by atoms with Gasteiger partial charge in [0.2, 0.25) is 0 Å². The second-order valence-corrected chi connectivity index (χ2v) is 3.96. The Hall–Kier alpha value is -1.32. The fraction of sp³-hybridized carbons (Fsp3) is 0.636. The molecule has 0 aromatic carbocycles. The molecule has 0 aliphatic rings. The summed E-state index contributed by atoms with van der Waals surface area (Å²) in [6.45, 7) is 5.69. The first-order valence-electron chi connectivity index (χ1n) is 5.01. The van der Waals surface area contributed by atoms with Crippen molar-refractivity contribution in [3.8, 4) is 0 Å². The Kier molecular flexibility index (Phi) is 5.67. The molecule has 0 aliphatic heterocycles. The second-order valence-electron chi connectivity index (χ2n) is 3.96. The van der Waals surface area contributed by atoms with Crippen LogP contribution in [-0.4, -0.2) is 22.6 Å². The van der Waals surface area contributed by atoms with Crippen LogP contribution < -0.4 is 0 Å². The molecule has 0 heterocycles. The highest BCUT2D eigenvalue weighted by Crippen LogP contribution is 2.18. The maximum atomic E-state index is 11.2. The minimum atomic E-state index is -1.15. The molecule has 15 heavy (non-hydrogen) atoms. The normalized spacial score (nSPS) is 11.7. The molecule has 0 bridgehead atoms. The van der Waals surface area contributed by atoms with Crippen molar-refractivity contribution in [3.05, 3.63) is 12.2 Å². The molecule has 0 atom stereocenters. The molecule has 0 aromatic rings. The summed E-state index contributed by atoms with van der Waals surface area (Å²) in [4.78, 5) is 21.3. The van der Waals surface area contributed by atoms with Gasteiger partial charge in [0.1, 0.15) is 5.60 Å². The Balaban J connectivity index is 4.09. The Morgan fingerprint density at radius 3 is 2.40 bits per heavy atom. The van der Waals surface area contributed by atoms with Gasteiger partial charge >= 0.3 is 11.9 Å². The molecule has 4 nitrogen and oxygen atoms in total. The lowest BCUT2D eigenvalue weighted by atomic mass is 10.0. The number of rotatable bonds is 6. The Bertz CT molecular complexity index is 253. The maximum absolute atomic E-state index is 11.2. The van der Waals surface area contributed by atoms with Crippen molar-refractivity contribution in [2.75, 3.05) is 0 Å². The highest BCUT2D eigenvalue weighted by atomic mass is 16.6. The first-order chi connectivity index (χ1) is 6.87. The van der Waals surface area contributed by atoms with Crippen molar-refractivity contribution < 1.29 is 19.4 Å². The van der Waals surface area contributed by atoms with Gasteiger partial charge in [0, 0.05) is 12.2 Å². The van der Waals surface area contributed by atoms with Crippen LogP contribution in [0.4, 0.5) is 0 Å².